The third kappa shape index (κ3) is 5.06. The topological polar surface area (TPSA) is 94.0 Å². The highest BCUT2D eigenvalue weighted by Gasteiger charge is 2.15. The summed E-state index contributed by atoms with van der Waals surface area (Å²) in [5.41, 5.74) is 4.29. The molecule has 0 bridgehead atoms. The van der Waals surface area contributed by atoms with Crippen molar-refractivity contribution in [3.63, 3.8) is 0 Å². The zero-order valence-electron chi connectivity index (χ0n) is 20.4. The fourth-order valence-electron chi connectivity index (χ4n) is 3.73. The van der Waals surface area contributed by atoms with Crippen molar-refractivity contribution in [3.05, 3.63) is 83.6 Å². The number of pyridine rings is 1. The van der Waals surface area contributed by atoms with Crippen LogP contribution in [-0.4, -0.2) is 25.4 Å². The van der Waals surface area contributed by atoms with Gasteiger partial charge in [-0.3, -0.25) is 15.1 Å². The first-order valence-corrected chi connectivity index (χ1v) is 12.3. The summed E-state index contributed by atoms with van der Waals surface area (Å²) in [4.78, 5) is 25.5. The lowest BCUT2D eigenvalue weighted by Crippen LogP contribution is -2.13. The fourth-order valence-corrected chi connectivity index (χ4v) is 4.25. The Morgan fingerprint density at radius 2 is 1.83 bits per heavy atom. The first-order chi connectivity index (χ1) is 17.3. The maximum Gasteiger partial charge on any atom is 0.276 e. The molecule has 0 spiro atoms. The van der Waals surface area contributed by atoms with E-state index in [1.807, 2.05) is 35.9 Å². The van der Waals surface area contributed by atoms with Gasteiger partial charge >= 0.3 is 0 Å². The summed E-state index contributed by atoms with van der Waals surface area (Å²) in [7, 11) is 1.97. The van der Waals surface area contributed by atoms with Crippen LogP contribution in [0.2, 0.25) is 0 Å². The Hall–Kier alpha value is -4.24. The molecule has 0 unspecified atom stereocenters. The number of aromatic nitrogens is 4. The Labute approximate surface area is 213 Å². The van der Waals surface area contributed by atoms with Crippen LogP contribution >= 0.6 is 11.3 Å². The van der Waals surface area contributed by atoms with E-state index in [0.29, 0.717) is 16.6 Å². The predicted octanol–water partition coefficient (Wildman–Crippen LogP) is 6.51. The number of carbonyl (C=O) groups is 1. The van der Waals surface area contributed by atoms with E-state index in [-0.39, 0.29) is 17.0 Å². The van der Waals surface area contributed by atoms with Crippen LogP contribution in [0, 0.1) is 0 Å². The van der Waals surface area contributed by atoms with Crippen molar-refractivity contribution in [2.75, 3.05) is 10.6 Å². The number of fused-ring (bicyclic) bond motifs is 1. The maximum atomic E-state index is 12.5. The first-order valence-electron chi connectivity index (χ1n) is 11.4. The van der Waals surface area contributed by atoms with Crippen molar-refractivity contribution in [3.8, 4) is 11.5 Å². The van der Waals surface area contributed by atoms with E-state index in [2.05, 4.69) is 59.6 Å². The number of ether oxygens (including phenoxy) is 1. The van der Waals surface area contributed by atoms with Crippen LogP contribution in [-0.2, 0) is 12.5 Å². The van der Waals surface area contributed by atoms with E-state index in [4.69, 9.17) is 9.72 Å². The number of amides is 1. The highest BCUT2D eigenvalue weighted by molar-refractivity contribution is 7.13. The van der Waals surface area contributed by atoms with Crippen LogP contribution in [0.5, 0.6) is 11.5 Å². The van der Waals surface area contributed by atoms with Crippen LogP contribution in [0.1, 0.15) is 36.8 Å². The van der Waals surface area contributed by atoms with Gasteiger partial charge < -0.3 is 14.6 Å². The number of aryl methyl sites for hydroxylation is 1. The number of nitrogens with one attached hydrogen (secondary N) is 2. The number of hydrogen-bond acceptors (Lipinski definition) is 7. The number of benzene rings is 2. The van der Waals surface area contributed by atoms with Gasteiger partial charge in [0.2, 0.25) is 5.95 Å². The molecular formula is C27H26N6O2S. The highest BCUT2D eigenvalue weighted by atomic mass is 32.1. The summed E-state index contributed by atoms with van der Waals surface area (Å²) in [5, 5.41) is 8.47. The van der Waals surface area contributed by atoms with E-state index < -0.39 is 0 Å². The van der Waals surface area contributed by atoms with Crippen LogP contribution in [0.15, 0.2) is 72.4 Å². The SMILES string of the molecule is Cn1c(Nc2cccc(C(C)(C)C)c2)nc2cc(Oc3ccnc(C(=O)Nc4nccs4)c3)ccc21. The summed E-state index contributed by atoms with van der Waals surface area (Å²) in [6, 6.07) is 17.4. The number of thiazole rings is 1. The molecule has 5 aromatic rings. The lowest BCUT2D eigenvalue weighted by atomic mass is 9.87. The monoisotopic (exact) mass is 498 g/mol. The highest BCUT2D eigenvalue weighted by Crippen LogP contribution is 2.30. The molecule has 36 heavy (non-hydrogen) atoms. The van der Waals surface area contributed by atoms with Crippen molar-refractivity contribution in [1.29, 1.82) is 0 Å². The Kier molecular flexibility index (Phi) is 6.15. The number of rotatable bonds is 6. The first kappa shape index (κ1) is 23.5. The van der Waals surface area contributed by atoms with E-state index >= 15 is 0 Å². The largest absolute Gasteiger partial charge is 0.457 e. The minimum Gasteiger partial charge on any atom is -0.457 e. The van der Waals surface area contributed by atoms with Crippen molar-refractivity contribution < 1.29 is 9.53 Å². The van der Waals surface area contributed by atoms with Crippen molar-refractivity contribution >= 4 is 45.0 Å². The standard InChI is InChI=1S/C27H26N6O2S/c1-27(2,3)17-6-5-7-18(14-17)30-25-31-21-15-19(8-9-23(21)33(25)4)35-20-10-11-28-22(16-20)24(34)32-26-29-12-13-36-26/h5-16H,1-4H3,(H,30,31)(H,29,32,34). The van der Waals surface area contributed by atoms with Gasteiger partial charge in [0, 0.05) is 42.6 Å². The molecule has 9 heteroatoms. The normalized spacial score (nSPS) is 11.4. The molecule has 0 aliphatic carbocycles. The molecule has 0 saturated carbocycles. The minimum absolute atomic E-state index is 0.0601. The molecule has 182 valence electrons. The van der Waals surface area contributed by atoms with Gasteiger partial charge in [-0.05, 0) is 41.3 Å². The van der Waals surface area contributed by atoms with Gasteiger partial charge in [0.25, 0.3) is 5.91 Å². The zero-order chi connectivity index (χ0) is 25.3. The minimum atomic E-state index is -0.346. The molecule has 1 amide bonds. The van der Waals surface area contributed by atoms with E-state index in [1.54, 1.807) is 29.9 Å². The Balaban J connectivity index is 1.35. The Morgan fingerprint density at radius 1 is 1.00 bits per heavy atom. The molecule has 8 nitrogen and oxygen atoms in total. The molecule has 5 rings (SSSR count). The van der Waals surface area contributed by atoms with Crippen LogP contribution < -0.4 is 15.4 Å². The molecule has 2 N–H and O–H groups in total. The van der Waals surface area contributed by atoms with Crippen LogP contribution in [0.25, 0.3) is 11.0 Å². The lowest BCUT2D eigenvalue weighted by Gasteiger charge is -2.20. The number of carbonyl (C=O) groups excluding carboxylic acids is 1. The summed E-state index contributed by atoms with van der Waals surface area (Å²) >= 11 is 1.34. The second-order valence-corrected chi connectivity index (χ2v) is 10.3. The molecule has 0 aliphatic heterocycles. The van der Waals surface area contributed by atoms with E-state index in [9.17, 15) is 4.79 Å². The molecule has 3 aromatic heterocycles. The van der Waals surface area contributed by atoms with Gasteiger partial charge in [-0.25, -0.2) is 9.97 Å². The van der Waals surface area contributed by atoms with Gasteiger partial charge in [0.05, 0.1) is 11.0 Å². The van der Waals surface area contributed by atoms with Crippen molar-refractivity contribution in [1.82, 2.24) is 19.5 Å². The van der Waals surface area contributed by atoms with Crippen molar-refractivity contribution in [2.45, 2.75) is 26.2 Å². The average Bonchev–Trinajstić information content (AvgIpc) is 3.46. The summed E-state index contributed by atoms with van der Waals surface area (Å²) in [6.45, 7) is 6.59. The van der Waals surface area contributed by atoms with Gasteiger partial charge in [0.1, 0.15) is 17.2 Å². The second kappa shape index (κ2) is 9.43. The average molecular weight is 499 g/mol. The third-order valence-corrected chi connectivity index (χ3v) is 6.38. The molecule has 0 fully saturated rings. The summed E-state index contributed by atoms with van der Waals surface area (Å²) in [5.74, 6) is 1.50. The Bertz CT molecular complexity index is 1540. The van der Waals surface area contributed by atoms with Gasteiger partial charge in [-0.1, -0.05) is 32.9 Å². The molecule has 0 radical (unpaired) electrons. The quantitative estimate of drug-likeness (QED) is 0.277. The molecule has 0 saturated heterocycles. The summed E-state index contributed by atoms with van der Waals surface area (Å²) < 4.78 is 8.04. The number of imidazole rings is 1. The molecule has 3 heterocycles. The number of hydrogen-bond donors (Lipinski definition) is 2. The zero-order valence-corrected chi connectivity index (χ0v) is 21.3. The van der Waals surface area contributed by atoms with Gasteiger partial charge in [0.15, 0.2) is 5.13 Å². The smallest absolute Gasteiger partial charge is 0.276 e. The Morgan fingerprint density at radius 3 is 2.61 bits per heavy atom. The fraction of sp³-hybridized carbons (Fsp3) is 0.185. The third-order valence-electron chi connectivity index (χ3n) is 5.69. The molecule has 0 atom stereocenters. The predicted molar refractivity (Wildman–Crippen MR) is 144 cm³/mol. The lowest BCUT2D eigenvalue weighted by molar-refractivity contribution is 0.102. The summed E-state index contributed by atoms with van der Waals surface area (Å²) in [6.07, 6.45) is 3.17. The van der Waals surface area contributed by atoms with Crippen LogP contribution in [0.3, 0.4) is 0 Å². The van der Waals surface area contributed by atoms with E-state index in [0.717, 1.165) is 22.7 Å². The molecular weight excluding hydrogens is 472 g/mol. The van der Waals surface area contributed by atoms with Gasteiger partial charge in [-0.15, -0.1) is 11.3 Å². The molecule has 0 aliphatic rings. The molecule has 2 aromatic carbocycles. The second-order valence-electron chi connectivity index (χ2n) is 9.37. The number of nitrogens with zero attached hydrogens (tertiary/aromatic N) is 4. The van der Waals surface area contributed by atoms with Crippen LogP contribution in [0.4, 0.5) is 16.8 Å². The number of anilines is 3. The van der Waals surface area contributed by atoms with Gasteiger partial charge in [-0.2, -0.15) is 0 Å². The maximum absolute atomic E-state index is 12.5. The van der Waals surface area contributed by atoms with Crippen molar-refractivity contribution in [2.24, 2.45) is 7.05 Å². The van der Waals surface area contributed by atoms with E-state index in [1.165, 1.54) is 16.9 Å².